The largest absolute Gasteiger partial charge is 0.330 e. The fourth-order valence-electron chi connectivity index (χ4n) is 5.74. The average molecular weight is 275 g/mol. The molecule has 5 nitrogen and oxygen atoms in total. The summed E-state index contributed by atoms with van der Waals surface area (Å²) >= 11 is 0. The topological polar surface area (TPSA) is 69.6 Å². The van der Waals surface area contributed by atoms with Crippen LogP contribution in [-0.4, -0.2) is 26.8 Å². The molecule has 5 rings (SSSR count). The predicted molar refractivity (Wildman–Crippen MR) is 75.8 cm³/mol. The van der Waals surface area contributed by atoms with E-state index in [1.807, 2.05) is 0 Å². The van der Waals surface area contributed by atoms with Gasteiger partial charge in [-0.3, -0.25) is 0 Å². The van der Waals surface area contributed by atoms with E-state index < -0.39 is 0 Å². The van der Waals surface area contributed by atoms with Gasteiger partial charge >= 0.3 is 0 Å². The highest BCUT2D eigenvalue weighted by molar-refractivity contribution is 5.01. The Morgan fingerprint density at radius 2 is 1.80 bits per heavy atom. The van der Waals surface area contributed by atoms with Crippen molar-refractivity contribution in [2.75, 3.05) is 6.54 Å². The van der Waals surface area contributed by atoms with Gasteiger partial charge in [0.25, 0.3) is 0 Å². The molecule has 1 aromatic rings. The second-order valence-corrected chi connectivity index (χ2v) is 7.33. The lowest BCUT2D eigenvalue weighted by Gasteiger charge is -2.56. The summed E-state index contributed by atoms with van der Waals surface area (Å²) in [7, 11) is 0. The zero-order valence-corrected chi connectivity index (χ0v) is 12.3. The molecule has 5 heteroatoms. The number of hydrogen-bond donors (Lipinski definition) is 1. The summed E-state index contributed by atoms with van der Waals surface area (Å²) in [4.78, 5) is 0. The number of tetrazole rings is 1. The maximum atomic E-state index is 5.67. The summed E-state index contributed by atoms with van der Waals surface area (Å²) < 4.78 is 2.07. The van der Waals surface area contributed by atoms with Crippen molar-refractivity contribution >= 4 is 0 Å². The molecule has 0 amide bonds. The molecule has 0 radical (unpaired) electrons. The van der Waals surface area contributed by atoms with Crippen LogP contribution in [-0.2, 0) is 6.42 Å². The van der Waals surface area contributed by atoms with Crippen LogP contribution in [0.15, 0.2) is 0 Å². The van der Waals surface area contributed by atoms with Crippen LogP contribution >= 0.6 is 0 Å². The van der Waals surface area contributed by atoms with E-state index in [0.29, 0.717) is 12.6 Å². The van der Waals surface area contributed by atoms with Crippen molar-refractivity contribution in [3.8, 4) is 0 Å². The van der Waals surface area contributed by atoms with E-state index in [9.17, 15) is 0 Å². The van der Waals surface area contributed by atoms with E-state index >= 15 is 0 Å². The van der Waals surface area contributed by atoms with Gasteiger partial charge < -0.3 is 5.73 Å². The number of nitrogens with zero attached hydrogens (tertiary/aromatic N) is 4. The van der Waals surface area contributed by atoms with Gasteiger partial charge in [0.05, 0.1) is 6.04 Å². The number of aromatic nitrogens is 4. The molecule has 4 fully saturated rings. The smallest absolute Gasteiger partial charge is 0.152 e. The molecule has 4 bridgehead atoms. The Hall–Kier alpha value is -0.970. The van der Waals surface area contributed by atoms with Crippen LogP contribution in [0.1, 0.15) is 50.9 Å². The summed E-state index contributed by atoms with van der Waals surface area (Å²) in [6.45, 7) is 2.94. The third kappa shape index (κ3) is 1.90. The summed E-state index contributed by atoms with van der Waals surface area (Å²) in [5.74, 6) is 5.63. The predicted octanol–water partition coefficient (Wildman–Crippen LogP) is 1.81. The molecule has 1 aromatic heterocycles. The number of rotatable bonds is 4. The first kappa shape index (κ1) is 12.7. The highest BCUT2D eigenvalue weighted by Gasteiger charge is 2.50. The van der Waals surface area contributed by atoms with E-state index in [1.54, 1.807) is 0 Å². The number of nitrogens with two attached hydrogens (primary N) is 1. The Morgan fingerprint density at radius 1 is 1.15 bits per heavy atom. The van der Waals surface area contributed by atoms with E-state index in [4.69, 9.17) is 5.73 Å². The zero-order valence-electron chi connectivity index (χ0n) is 12.3. The van der Waals surface area contributed by atoms with Crippen molar-refractivity contribution in [2.45, 2.75) is 51.5 Å². The normalized spacial score (nSPS) is 40.2. The zero-order chi connectivity index (χ0) is 13.7. The van der Waals surface area contributed by atoms with Gasteiger partial charge in [0.1, 0.15) is 0 Å². The van der Waals surface area contributed by atoms with Gasteiger partial charge in [-0.15, -0.1) is 5.10 Å². The number of hydrogen-bond acceptors (Lipinski definition) is 4. The summed E-state index contributed by atoms with van der Waals surface area (Å²) in [5, 5.41) is 12.3. The highest BCUT2D eigenvalue weighted by Crippen LogP contribution is 2.58. The molecule has 4 aliphatic rings. The minimum Gasteiger partial charge on any atom is -0.330 e. The van der Waals surface area contributed by atoms with Crippen molar-refractivity contribution in [1.29, 1.82) is 0 Å². The highest BCUT2D eigenvalue weighted by atomic mass is 15.5. The molecule has 20 heavy (non-hydrogen) atoms. The van der Waals surface area contributed by atoms with Gasteiger partial charge in [-0.25, -0.2) is 4.68 Å². The molecule has 2 N–H and O–H groups in total. The van der Waals surface area contributed by atoms with Crippen LogP contribution in [0.3, 0.4) is 0 Å². The molecule has 0 saturated heterocycles. The van der Waals surface area contributed by atoms with Crippen LogP contribution in [0, 0.1) is 29.6 Å². The first-order valence-electron chi connectivity index (χ1n) is 8.23. The molecule has 0 aromatic carbocycles. The van der Waals surface area contributed by atoms with Crippen LogP contribution in [0.5, 0.6) is 0 Å². The lowest BCUT2D eigenvalue weighted by atomic mass is 9.50. The molecule has 1 heterocycles. The third-order valence-corrected chi connectivity index (χ3v) is 6.17. The molecule has 1 atom stereocenters. The van der Waals surface area contributed by atoms with Crippen molar-refractivity contribution in [3.05, 3.63) is 5.82 Å². The maximum absolute atomic E-state index is 5.67. The molecule has 0 aliphatic heterocycles. The Balaban J connectivity index is 1.59. The van der Waals surface area contributed by atoms with Crippen molar-refractivity contribution < 1.29 is 0 Å². The lowest BCUT2D eigenvalue weighted by molar-refractivity contribution is -0.0577. The van der Waals surface area contributed by atoms with Gasteiger partial charge in [-0.05, 0) is 85.6 Å². The molecule has 4 saturated carbocycles. The Morgan fingerprint density at radius 3 is 2.40 bits per heavy atom. The summed E-state index contributed by atoms with van der Waals surface area (Å²) in [6.07, 6.45) is 8.11. The SMILES string of the molecule is CC(C1C2CC3CC(C2)CC1C3)n1nnnc1CCN. The van der Waals surface area contributed by atoms with Crippen molar-refractivity contribution in [1.82, 2.24) is 20.2 Å². The van der Waals surface area contributed by atoms with Gasteiger partial charge in [0.2, 0.25) is 0 Å². The minimum atomic E-state index is 0.432. The Kier molecular flexibility index (Phi) is 3.05. The molecule has 110 valence electrons. The van der Waals surface area contributed by atoms with Gasteiger partial charge in [-0.1, -0.05) is 0 Å². The average Bonchev–Trinajstić information content (AvgIpc) is 2.86. The first-order chi connectivity index (χ1) is 9.76. The van der Waals surface area contributed by atoms with Crippen LogP contribution in [0.2, 0.25) is 0 Å². The van der Waals surface area contributed by atoms with Crippen molar-refractivity contribution in [3.63, 3.8) is 0 Å². The second-order valence-electron chi connectivity index (χ2n) is 7.33. The maximum Gasteiger partial charge on any atom is 0.152 e. The summed E-state index contributed by atoms with van der Waals surface area (Å²) in [6, 6.07) is 0.432. The molecule has 1 unspecified atom stereocenters. The van der Waals surface area contributed by atoms with E-state index in [-0.39, 0.29) is 0 Å². The molecular formula is C15H25N5. The van der Waals surface area contributed by atoms with Crippen LogP contribution in [0.25, 0.3) is 0 Å². The van der Waals surface area contributed by atoms with Crippen molar-refractivity contribution in [2.24, 2.45) is 35.3 Å². The lowest BCUT2D eigenvalue weighted by Crippen LogP contribution is -2.47. The van der Waals surface area contributed by atoms with E-state index in [1.165, 1.54) is 32.1 Å². The Labute approximate surface area is 120 Å². The summed E-state index contributed by atoms with van der Waals surface area (Å²) in [5.41, 5.74) is 5.67. The van der Waals surface area contributed by atoms with Gasteiger partial charge in [0.15, 0.2) is 5.82 Å². The third-order valence-electron chi connectivity index (χ3n) is 6.17. The van der Waals surface area contributed by atoms with Crippen LogP contribution < -0.4 is 5.73 Å². The second kappa shape index (κ2) is 4.79. The van der Waals surface area contributed by atoms with E-state index in [0.717, 1.165) is 41.8 Å². The minimum absolute atomic E-state index is 0.432. The first-order valence-corrected chi connectivity index (χ1v) is 8.23. The quantitative estimate of drug-likeness (QED) is 0.909. The monoisotopic (exact) mass is 275 g/mol. The molecular weight excluding hydrogens is 250 g/mol. The van der Waals surface area contributed by atoms with Gasteiger partial charge in [-0.2, -0.15) is 0 Å². The van der Waals surface area contributed by atoms with E-state index in [2.05, 4.69) is 27.1 Å². The Bertz CT molecular complexity index is 454. The fourth-order valence-corrected chi connectivity index (χ4v) is 5.74. The standard InChI is InChI=1S/C15H25N5/c1-9(20-14(2-3-16)17-18-19-20)15-12-5-10-4-11(7-12)8-13(15)6-10/h9-13,15H,2-8,16H2,1H3. The van der Waals surface area contributed by atoms with Crippen LogP contribution in [0.4, 0.5) is 0 Å². The fraction of sp³-hybridized carbons (Fsp3) is 0.933. The van der Waals surface area contributed by atoms with Gasteiger partial charge in [0, 0.05) is 6.42 Å². The molecule has 4 aliphatic carbocycles. The molecule has 0 spiro atoms.